The lowest BCUT2D eigenvalue weighted by molar-refractivity contribution is -0.136. The first kappa shape index (κ1) is 16.9. The Labute approximate surface area is 150 Å². The highest BCUT2D eigenvalue weighted by Crippen LogP contribution is 2.46. The molecule has 1 aromatic rings. The van der Waals surface area contributed by atoms with Gasteiger partial charge in [0, 0.05) is 19.1 Å². The molecule has 0 spiro atoms. The van der Waals surface area contributed by atoms with Crippen LogP contribution in [-0.2, 0) is 10.2 Å². The fraction of sp³-hybridized carbons (Fsp3) is 0.667. The number of likely N-dealkylation sites (tertiary alicyclic amines) is 1. The highest BCUT2D eigenvalue weighted by Gasteiger charge is 2.50. The number of nitrogens with two attached hydrogens (primary N) is 1. The van der Waals surface area contributed by atoms with Crippen molar-refractivity contribution in [2.75, 3.05) is 20.2 Å². The van der Waals surface area contributed by atoms with Gasteiger partial charge in [-0.2, -0.15) is 0 Å². The Balaban J connectivity index is 1.64. The van der Waals surface area contributed by atoms with Crippen LogP contribution in [0.3, 0.4) is 0 Å². The van der Waals surface area contributed by atoms with E-state index < -0.39 is 0 Å². The van der Waals surface area contributed by atoms with Crippen molar-refractivity contribution >= 4 is 5.91 Å². The maximum absolute atomic E-state index is 13.6. The molecule has 3 atom stereocenters. The molecule has 1 aliphatic heterocycles. The van der Waals surface area contributed by atoms with Crippen molar-refractivity contribution in [3.05, 3.63) is 29.3 Å². The second-order valence-corrected chi connectivity index (χ2v) is 8.35. The molecule has 3 fully saturated rings. The van der Waals surface area contributed by atoms with E-state index >= 15 is 0 Å². The third kappa shape index (κ3) is 2.66. The van der Waals surface area contributed by atoms with E-state index in [0.29, 0.717) is 17.7 Å². The van der Waals surface area contributed by atoms with Gasteiger partial charge in [0.2, 0.25) is 5.91 Å². The molecule has 136 valence electrons. The zero-order chi connectivity index (χ0) is 17.6. The van der Waals surface area contributed by atoms with Crippen LogP contribution >= 0.6 is 0 Å². The summed E-state index contributed by atoms with van der Waals surface area (Å²) >= 11 is 0. The van der Waals surface area contributed by atoms with Gasteiger partial charge in [-0.1, -0.05) is 25.0 Å². The number of ether oxygens (including phenoxy) is 1. The molecule has 4 heteroatoms. The second-order valence-electron chi connectivity index (χ2n) is 8.35. The third-order valence-electron chi connectivity index (χ3n) is 7.03. The van der Waals surface area contributed by atoms with Crippen molar-refractivity contribution in [1.82, 2.24) is 4.90 Å². The van der Waals surface area contributed by atoms with Crippen LogP contribution in [0, 0.1) is 18.8 Å². The second kappa shape index (κ2) is 6.31. The number of hydrogen-bond donors (Lipinski definition) is 1. The molecule has 2 saturated carbocycles. The molecule has 0 bridgehead atoms. The average Bonchev–Trinajstić information content (AvgIpc) is 3.33. The molecule has 1 aromatic carbocycles. The van der Waals surface area contributed by atoms with Gasteiger partial charge in [-0.25, -0.2) is 0 Å². The summed E-state index contributed by atoms with van der Waals surface area (Å²) in [5.41, 5.74) is 8.18. The van der Waals surface area contributed by atoms with E-state index in [4.69, 9.17) is 10.5 Å². The van der Waals surface area contributed by atoms with Gasteiger partial charge < -0.3 is 15.4 Å². The maximum Gasteiger partial charge on any atom is 0.233 e. The van der Waals surface area contributed by atoms with E-state index in [1.807, 2.05) is 0 Å². The third-order valence-corrected chi connectivity index (χ3v) is 7.03. The Morgan fingerprint density at radius 1 is 1.24 bits per heavy atom. The Kier molecular flexibility index (Phi) is 4.27. The Hall–Kier alpha value is -1.55. The van der Waals surface area contributed by atoms with Crippen LogP contribution < -0.4 is 10.5 Å². The predicted octanol–water partition coefficient (Wildman–Crippen LogP) is 3.01. The van der Waals surface area contributed by atoms with Crippen molar-refractivity contribution in [1.29, 1.82) is 0 Å². The molecule has 1 saturated heterocycles. The molecular formula is C21H30N2O2. The number of fused-ring (bicyclic) bond motifs is 1. The van der Waals surface area contributed by atoms with Crippen LogP contribution in [0.25, 0.3) is 0 Å². The van der Waals surface area contributed by atoms with Crippen LogP contribution in [-0.4, -0.2) is 37.0 Å². The number of carbonyl (C=O) groups excluding carboxylic acids is 1. The van der Waals surface area contributed by atoms with E-state index in [1.54, 1.807) is 7.11 Å². The number of rotatable bonds is 3. The summed E-state index contributed by atoms with van der Waals surface area (Å²) < 4.78 is 5.53. The lowest BCUT2D eigenvalue weighted by atomic mass is 9.77. The van der Waals surface area contributed by atoms with Crippen LogP contribution in [0.5, 0.6) is 5.75 Å². The quantitative estimate of drug-likeness (QED) is 0.919. The van der Waals surface area contributed by atoms with Crippen molar-refractivity contribution in [2.24, 2.45) is 17.6 Å². The van der Waals surface area contributed by atoms with Gasteiger partial charge in [-0.15, -0.1) is 0 Å². The van der Waals surface area contributed by atoms with Gasteiger partial charge in [0.05, 0.1) is 12.5 Å². The fourth-order valence-electron chi connectivity index (χ4n) is 5.50. The van der Waals surface area contributed by atoms with Gasteiger partial charge in [0.25, 0.3) is 0 Å². The van der Waals surface area contributed by atoms with Crippen LogP contribution in [0.15, 0.2) is 18.2 Å². The maximum atomic E-state index is 13.6. The zero-order valence-corrected chi connectivity index (χ0v) is 15.5. The predicted molar refractivity (Wildman–Crippen MR) is 98.6 cm³/mol. The molecule has 25 heavy (non-hydrogen) atoms. The number of benzene rings is 1. The molecule has 1 amide bonds. The van der Waals surface area contributed by atoms with Crippen LogP contribution in [0.2, 0.25) is 0 Å². The van der Waals surface area contributed by atoms with Gasteiger partial charge in [-0.3, -0.25) is 4.79 Å². The van der Waals surface area contributed by atoms with E-state index in [1.165, 1.54) is 6.42 Å². The summed E-state index contributed by atoms with van der Waals surface area (Å²) in [6.45, 7) is 3.81. The Bertz CT molecular complexity index is 666. The highest BCUT2D eigenvalue weighted by molar-refractivity contribution is 5.89. The molecular weight excluding hydrogens is 312 g/mol. The summed E-state index contributed by atoms with van der Waals surface area (Å²) in [6, 6.07) is 6.61. The molecule has 0 aromatic heterocycles. The fourth-order valence-corrected chi connectivity index (χ4v) is 5.50. The highest BCUT2D eigenvalue weighted by atomic mass is 16.5. The molecule has 2 N–H and O–H groups in total. The summed E-state index contributed by atoms with van der Waals surface area (Å²) in [6.07, 6.45) is 6.47. The first-order valence-corrected chi connectivity index (χ1v) is 9.75. The number of amides is 1. The smallest absolute Gasteiger partial charge is 0.233 e. The minimum absolute atomic E-state index is 0.279. The molecule has 2 aliphatic carbocycles. The monoisotopic (exact) mass is 342 g/mol. The van der Waals surface area contributed by atoms with Gasteiger partial charge in [-0.05, 0) is 61.6 Å². The Morgan fingerprint density at radius 3 is 2.68 bits per heavy atom. The van der Waals surface area contributed by atoms with Gasteiger partial charge in [0.15, 0.2) is 0 Å². The number of hydrogen-bond acceptors (Lipinski definition) is 3. The van der Waals surface area contributed by atoms with Crippen LogP contribution in [0.4, 0.5) is 0 Å². The zero-order valence-electron chi connectivity index (χ0n) is 15.5. The first-order chi connectivity index (χ1) is 12.0. The lowest BCUT2D eigenvalue weighted by Gasteiger charge is -2.34. The Morgan fingerprint density at radius 2 is 2.00 bits per heavy atom. The van der Waals surface area contributed by atoms with Crippen molar-refractivity contribution in [3.8, 4) is 5.75 Å². The van der Waals surface area contributed by atoms with Crippen molar-refractivity contribution < 1.29 is 9.53 Å². The topological polar surface area (TPSA) is 55.6 Å². The molecule has 1 heterocycles. The molecule has 0 radical (unpaired) electrons. The summed E-state index contributed by atoms with van der Waals surface area (Å²) in [5, 5.41) is 0. The molecule has 4 nitrogen and oxygen atoms in total. The average molecular weight is 342 g/mol. The summed E-state index contributed by atoms with van der Waals surface area (Å²) in [4.78, 5) is 15.8. The lowest BCUT2D eigenvalue weighted by Crippen LogP contribution is -2.45. The van der Waals surface area contributed by atoms with E-state index in [2.05, 4.69) is 30.0 Å². The van der Waals surface area contributed by atoms with E-state index in [0.717, 1.165) is 62.1 Å². The van der Waals surface area contributed by atoms with Gasteiger partial charge >= 0.3 is 0 Å². The normalized spacial score (nSPS) is 30.5. The minimum Gasteiger partial charge on any atom is -0.496 e. The molecule has 3 aliphatic rings. The number of nitrogens with zero attached hydrogens (tertiary/aromatic N) is 1. The van der Waals surface area contributed by atoms with Crippen molar-refractivity contribution in [2.45, 2.75) is 56.9 Å². The van der Waals surface area contributed by atoms with Gasteiger partial charge in [0.1, 0.15) is 5.75 Å². The van der Waals surface area contributed by atoms with Crippen LogP contribution in [0.1, 0.15) is 49.7 Å². The molecule has 3 unspecified atom stereocenters. The van der Waals surface area contributed by atoms with Crippen molar-refractivity contribution in [3.63, 3.8) is 0 Å². The number of methoxy groups -OCH3 is 1. The summed E-state index contributed by atoms with van der Waals surface area (Å²) in [5.74, 6) is 2.34. The first-order valence-electron chi connectivity index (χ1n) is 9.75. The van der Waals surface area contributed by atoms with E-state index in [9.17, 15) is 4.79 Å². The number of carbonyl (C=O) groups is 1. The summed E-state index contributed by atoms with van der Waals surface area (Å²) in [7, 11) is 1.71. The molecule has 4 rings (SSSR count). The largest absolute Gasteiger partial charge is 0.496 e. The minimum atomic E-state index is -0.357. The van der Waals surface area contributed by atoms with E-state index in [-0.39, 0.29) is 11.5 Å². The SMILES string of the molecule is COc1cc(C2(C(=O)N3CC4CCC(N)C4C3)CCCC2)ccc1C. The standard InChI is InChI=1S/C21H30N2O2/c1-14-5-7-16(11-19(14)25-2)21(9-3-4-10-21)20(24)23-12-15-6-8-18(22)17(15)13-23/h5,7,11,15,17-18H,3-4,6,8-10,12-13,22H2,1-2H3. The number of aryl methyl sites for hydroxylation is 1.